The van der Waals surface area contributed by atoms with E-state index in [9.17, 15) is 13.2 Å². The van der Waals surface area contributed by atoms with Crippen LogP contribution in [0.1, 0.15) is 16.7 Å². The Morgan fingerprint density at radius 1 is 0.842 bits per heavy atom. The summed E-state index contributed by atoms with van der Waals surface area (Å²) in [6.07, 6.45) is -4.33. The van der Waals surface area contributed by atoms with Gasteiger partial charge in [-0.25, -0.2) is 0 Å². The molecule has 0 amide bonds. The Labute approximate surface area is 109 Å². The third kappa shape index (κ3) is 3.08. The zero-order chi connectivity index (χ0) is 14.0. The van der Waals surface area contributed by atoms with Gasteiger partial charge in [-0.05, 0) is 49.2 Å². The highest BCUT2D eigenvalue weighted by molar-refractivity contribution is 5.42. The summed E-state index contributed by atoms with van der Waals surface area (Å²) in [5.41, 5.74) is 0.724. The van der Waals surface area contributed by atoms with Gasteiger partial charge < -0.3 is 4.74 Å². The summed E-state index contributed by atoms with van der Waals surface area (Å²) in [7, 11) is 0. The molecule has 0 bridgehead atoms. The first-order chi connectivity index (χ1) is 8.88. The van der Waals surface area contributed by atoms with E-state index < -0.39 is 11.7 Å². The number of benzene rings is 2. The summed E-state index contributed by atoms with van der Waals surface area (Å²) in [6.45, 7) is 3.48. The lowest BCUT2D eigenvalue weighted by Crippen LogP contribution is -2.05. The van der Waals surface area contributed by atoms with Crippen LogP contribution in [0.25, 0.3) is 0 Å². The highest BCUT2D eigenvalue weighted by atomic mass is 19.4. The summed E-state index contributed by atoms with van der Waals surface area (Å²) in [5, 5.41) is 0. The molecule has 2 aromatic rings. The van der Waals surface area contributed by atoms with Gasteiger partial charge in [0.2, 0.25) is 0 Å². The second-order valence-corrected chi connectivity index (χ2v) is 4.35. The Hall–Kier alpha value is -1.97. The monoisotopic (exact) mass is 266 g/mol. The van der Waals surface area contributed by atoms with Crippen LogP contribution in [0.15, 0.2) is 42.5 Å². The zero-order valence-electron chi connectivity index (χ0n) is 10.6. The molecular weight excluding hydrogens is 253 g/mol. The predicted octanol–water partition coefficient (Wildman–Crippen LogP) is 5.11. The lowest BCUT2D eigenvalue weighted by molar-refractivity contribution is -0.137. The number of aryl methyl sites for hydroxylation is 2. The van der Waals surface area contributed by atoms with Crippen molar-refractivity contribution in [3.8, 4) is 11.5 Å². The molecule has 0 saturated heterocycles. The van der Waals surface area contributed by atoms with Crippen molar-refractivity contribution in [3.63, 3.8) is 0 Å². The fourth-order valence-corrected chi connectivity index (χ4v) is 1.73. The van der Waals surface area contributed by atoms with E-state index >= 15 is 0 Å². The van der Waals surface area contributed by atoms with Gasteiger partial charge in [0, 0.05) is 0 Å². The molecule has 0 radical (unpaired) electrons. The van der Waals surface area contributed by atoms with Crippen molar-refractivity contribution in [1.82, 2.24) is 0 Å². The maximum absolute atomic E-state index is 12.5. The minimum atomic E-state index is -4.33. The van der Waals surface area contributed by atoms with Crippen LogP contribution in [-0.2, 0) is 6.18 Å². The number of ether oxygens (including phenoxy) is 1. The van der Waals surface area contributed by atoms with Gasteiger partial charge in [0.25, 0.3) is 0 Å². The van der Waals surface area contributed by atoms with Crippen LogP contribution in [0.4, 0.5) is 13.2 Å². The molecular formula is C15H13F3O. The van der Waals surface area contributed by atoms with E-state index in [0.717, 1.165) is 17.7 Å². The van der Waals surface area contributed by atoms with Crippen molar-refractivity contribution < 1.29 is 17.9 Å². The van der Waals surface area contributed by atoms with Crippen molar-refractivity contribution in [1.29, 1.82) is 0 Å². The minimum Gasteiger partial charge on any atom is -0.457 e. The van der Waals surface area contributed by atoms with Crippen molar-refractivity contribution in [2.45, 2.75) is 20.0 Å². The van der Waals surface area contributed by atoms with Crippen LogP contribution in [0, 0.1) is 13.8 Å². The van der Waals surface area contributed by atoms with E-state index in [1.807, 2.05) is 25.1 Å². The van der Waals surface area contributed by atoms with E-state index in [4.69, 9.17) is 4.74 Å². The van der Waals surface area contributed by atoms with E-state index in [-0.39, 0.29) is 0 Å². The summed E-state index contributed by atoms with van der Waals surface area (Å²) >= 11 is 0. The summed E-state index contributed by atoms with van der Waals surface area (Å²) in [6, 6.07) is 10.8. The summed E-state index contributed by atoms with van der Waals surface area (Å²) in [4.78, 5) is 0. The fraction of sp³-hybridized carbons (Fsp3) is 0.200. The number of halogens is 3. The van der Waals surface area contributed by atoms with Crippen LogP contribution in [0.5, 0.6) is 11.5 Å². The normalized spacial score (nSPS) is 11.4. The Morgan fingerprint density at radius 3 is 2.05 bits per heavy atom. The van der Waals surface area contributed by atoms with E-state index in [0.29, 0.717) is 17.1 Å². The van der Waals surface area contributed by atoms with Crippen LogP contribution in [0.3, 0.4) is 0 Å². The molecule has 1 nitrogen and oxygen atoms in total. The third-order valence-corrected chi connectivity index (χ3v) is 2.82. The average molecular weight is 266 g/mol. The molecule has 0 fully saturated rings. The predicted molar refractivity (Wildman–Crippen MR) is 67.4 cm³/mol. The van der Waals surface area contributed by atoms with Gasteiger partial charge in [-0.15, -0.1) is 0 Å². The molecule has 100 valence electrons. The van der Waals surface area contributed by atoms with Gasteiger partial charge in [-0.3, -0.25) is 0 Å². The van der Waals surface area contributed by atoms with E-state index in [2.05, 4.69) is 0 Å². The van der Waals surface area contributed by atoms with Crippen LogP contribution in [-0.4, -0.2) is 0 Å². The van der Waals surface area contributed by atoms with E-state index in [1.54, 1.807) is 13.0 Å². The van der Waals surface area contributed by atoms with Gasteiger partial charge in [0.1, 0.15) is 11.5 Å². The topological polar surface area (TPSA) is 9.23 Å². The molecule has 2 aromatic carbocycles. The lowest BCUT2D eigenvalue weighted by Gasteiger charge is -2.13. The van der Waals surface area contributed by atoms with Crippen molar-refractivity contribution in [2.24, 2.45) is 0 Å². The second kappa shape index (κ2) is 4.96. The standard InChI is InChI=1S/C15H13F3O/c1-10-5-3-4-6-13(10)19-14-8-7-12(9-11(14)2)15(16,17)18/h3-9H,1-2H3. The average Bonchev–Trinajstić information content (AvgIpc) is 2.33. The maximum Gasteiger partial charge on any atom is 0.416 e. The third-order valence-electron chi connectivity index (χ3n) is 2.82. The molecule has 0 aliphatic heterocycles. The quantitative estimate of drug-likeness (QED) is 0.733. The van der Waals surface area contributed by atoms with Gasteiger partial charge in [-0.1, -0.05) is 18.2 Å². The largest absolute Gasteiger partial charge is 0.457 e. The Bertz CT molecular complexity index is 588. The molecule has 0 aliphatic carbocycles. The molecule has 0 unspecified atom stereocenters. The molecule has 2 rings (SSSR count). The van der Waals surface area contributed by atoms with Gasteiger partial charge >= 0.3 is 6.18 Å². The highest BCUT2D eigenvalue weighted by Gasteiger charge is 2.30. The second-order valence-electron chi connectivity index (χ2n) is 4.35. The van der Waals surface area contributed by atoms with Crippen molar-refractivity contribution in [3.05, 3.63) is 59.2 Å². The van der Waals surface area contributed by atoms with Crippen LogP contribution in [0.2, 0.25) is 0 Å². The fourth-order valence-electron chi connectivity index (χ4n) is 1.73. The molecule has 19 heavy (non-hydrogen) atoms. The smallest absolute Gasteiger partial charge is 0.416 e. The number of hydrogen-bond acceptors (Lipinski definition) is 1. The van der Waals surface area contributed by atoms with E-state index in [1.165, 1.54) is 6.07 Å². The molecule has 0 atom stereocenters. The van der Waals surface area contributed by atoms with Crippen molar-refractivity contribution in [2.75, 3.05) is 0 Å². The first-order valence-corrected chi connectivity index (χ1v) is 5.79. The van der Waals surface area contributed by atoms with Gasteiger partial charge in [0.15, 0.2) is 0 Å². The number of hydrogen-bond donors (Lipinski definition) is 0. The van der Waals surface area contributed by atoms with Gasteiger partial charge in [-0.2, -0.15) is 13.2 Å². The molecule has 0 aromatic heterocycles. The maximum atomic E-state index is 12.5. The Morgan fingerprint density at radius 2 is 1.47 bits per heavy atom. The lowest BCUT2D eigenvalue weighted by atomic mass is 10.1. The summed E-state index contributed by atoms with van der Waals surface area (Å²) < 4.78 is 43.3. The minimum absolute atomic E-state index is 0.433. The Balaban J connectivity index is 2.30. The summed E-state index contributed by atoms with van der Waals surface area (Å²) in [5.74, 6) is 1.08. The number of rotatable bonds is 2. The molecule has 4 heteroatoms. The molecule has 0 N–H and O–H groups in total. The molecule has 0 aliphatic rings. The zero-order valence-corrected chi connectivity index (χ0v) is 10.6. The Kier molecular flexibility index (Phi) is 3.51. The first kappa shape index (κ1) is 13.5. The highest BCUT2D eigenvalue weighted by Crippen LogP contribution is 2.34. The van der Waals surface area contributed by atoms with Crippen molar-refractivity contribution >= 4 is 0 Å². The molecule has 0 saturated carbocycles. The SMILES string of the molecule is Cc1ccccc1Oc1ccc(C(F)(F)F)cc1C. The number of para-hydroxylation sites is 1. The van der Waals surface area contributed by atoms with Gasteiger partial charge in [0.05, 0.1) is 5.56 Å². The van der Waals surface area contributed by atoms with Crippen LogP contribution >= 0.6 is 0 Å². The molecule has 0 spiro atoms. The molecule has 0 heterocycles. The number of alkyl halides is 3. The van der Waals surface area contributed by atoms with Crippen LogP contribution < -0.4 is 4.74 Å². The first-order valence-electron chi connectivity index (χ1n) is 5.79.